The fourth-order valence-electron chi connectivity index (χ4n) is 4.46. The second kappa shape index (κ2) is 22.3. The molecule has 0 aliphatic heterocycles. The van der Waals surface area contributed by atoms with Crippen LogP contribution in [0.2, 0.25) is 0 Å². The van der Waals surface area contributed by atoms with Gasteiger partial charge in [-0.3, -0.25) is 20.1 Å². The summed E-state index contributed by atoms with van der Waals surface area (Å²) in [5.74, 6) is 0.997. The van der Waals surface area contributed by atoms with Crippen LogP contribution in [0.25, 0.3) is 0 Å². The fourth-order valence-corrected chi connectivity index (χ4v) is 5.82. The molecule has 0 unspecified atom stereocenters. The molecule has 0 bridgehead atoms. The second-order valence-corrected chi connectivity index (χ2v) is 11.9. The Morgan fingerprint density at radius 3 is 2.46 bits per heavy atom. The van der Waals surface area contributed by atoms with Gasteiger partial charge in [-0.1, -0.05) is 49.4 Å². The zero-order valence-corrected chi connectivity index (χ0v) is 25.3. The first-order chi connectivity index (χ1) is 20.0. The number of ether oxygens (including phenoxy) is 3. The number of nitrogens with one attached hydrogen (secondary N) is 2. The maximum Gasteiger partial charge on any atom is 0.236 e. The first-order valence-corrected chi connectivity index (χ1v) is 16.3. The van der Waals surface area contributed by atoms with Crippen LogP contribution < -0.4 is 10.6 Å². The maximum absolute atomic E-state index is 13.1. The molecule has 13 heteroatoms. The number of rotatable bonds is 22. The minimum Gasteiger partial charge on any atom is -0.382 e. The lowest BCUT2D eigenvalue weighted by Crippen LogP contribution is -2.36. The van der Waals surface area contributed by atoms with Crippen LogP contribution in [0.15, 0.2) is 29.5 Å². The van der Waals surface area contributed by atoms with Crippen molar-refractivity contribution in [3.05, 3.63) is 24.5 Å². The van der Waals surface area contributed by atoms with Crippen LogP contribution in [0.3, 0.4) is 0 Å². The van der Waals surface area contributed by atoms with Crippen LogP contribution in [-0.2, 0) is 29.1 Å². The molecule has 1 aromatic rings. The van der Waals surface area contributed by atoms with Crippen molar-refractivity contribution in [2.75, 3.05) is 70.9 Å². The third-order valence-corrected chi connectivity index (χ3v) is 8.43. The van der Waals surface area contributed by atoms with E-state index >= 15 is 0 Å². The molecule has 232 valence electrons. The number of unbranched alkanes of at least 4 members (excludes halogenated alkanes) is 3. The number of hydroxylamine groups is 1. The van der Waals surface area contributed by atoms with Gasteiger partial charge in [0.1, 0.15) is 0 Å². The number of guanidine groups is 1. The number of hydrogen-bond donors (Lipinski definition) is 2. The van der Waals surface area contributed by atoms with E-state index in [-0.39, 0.29) is 18.9 Å². The van der Waals surface area contributed by atoms with Gasteiger partial charge in [-0.05, 0) is 37.3 Å². The summed E-state index contributed by atoms with van der Waals surface area (Å²) < 4.78 is 43.3. The molecule has 2 rings (SSSR count). The van der Waals surface area contributed by atoms with Crippen molar-refractivity contribution in [2.24, 2.45) is 10.9 Å². The van der Waals surface area contributed by atoms with Crippen molar-refractivity contribution in [3.63, 3.8) is 0 Å². The lowest BCUT2D eigenvalue weighted by Gasteiger charge is -2.25. The van der Waals surface area contributed by atoms with Gasteiger partial charge >= 0.3 is 0 Å². The molecule has 41 heavy (non-hydrogen) atoms. The van der Waals surface area contributed by atoms with E-state index in [1.165, 1.54) is 32.1 Å². The lowest BCUT2D eigenvalue weighted by molar-refractivity contribution is -0.101. The molecule has 1 heterocycles. The molecular weight excluding hydrogens is 548 g/mol. The summed E-state index contributed by atoms with van der Waals surface area (Å²) in [6.07, 6.45) is 15.1. The molecule has 12 nitrogen and oxygen atoms in total. The Morgan fingerprint density at radius 1 is 1.02 bits per heavy atom. The van der Waals surface area contributed by atoms with Crippen molar-refractivity contribution in [1.29, 1.82) is 5.26 Å². The third kappa shape index (κ3) is 16.6. The predicted molar refractivity (Wildman–Crippen MR) is 159 cm³/mol. The lowest BCUT2D eigenvalue weighted by atomic mass is 9.87. The number of aromatic nitrogens is 1. The molecule has 1 fully saturated rings. The third-order valence-electron chi connectivity index (χ3n) is 6.72. The van der Waals surface area contributed by atoms with Gasteiger partial charge in [0.15, 0.2) is 6.19 Å². The van der Waals surface area contributed by atoms with Gasteiger partial charge in [0.25, 0.3) is 0 Å². The van der Waals surface area contributed by atoms with Crippen LogP contribution >= 0.6 is 0 Å². The molecule has 0 amide bonds. The van der Waals surface area contributed by atoms with E-state index in [9.17, 15) is 8.42 Å². The highest BCUT2D eigenvalue weighted by molar-refractivity contribution is 7.88. The Labute approximate surface area is 245 Å². The summed E-state index contributed by atoms with van der Waals surface area (Å²) in [6, 6.07) is 3.56. The van der Waals surface area contributed by atoms with Gasteiger partial charge in [-0.25, -0.2) is 8.42 Å². The van der Waals surface area contributed by atoms with Gasteiger partial charge in [0.05, 0.1) is 51.9 Å². The normalized spacial score (nSPS) is 14.7. The predicted octanol–water partition coefficient (Wildman–Crippen LogP) is 3.69. The van der Waals surface area contributed by atoms with E-state index in [1.807, 2.05) is 6.19 Å². The van der Waals surface area contributed by atoms with Crippen LogP contribution in [0.1, 0.15) is 64.2 Å². The highest BCUT2D eigenvalue weighted by atomic mass is 32.2. The van der Waals surface area contributed by atoms with Crippen molar-refractivity contribution >= 4 is 21.7 Å². The topological polar surface area (TPSA) is 147 Å². The van der Waals surface area contributed by atoms with E-state index in [2.05, 4.69) is 20.6 Å². The molecular formula is C28H48N6O6S. The Morgan fingerprint density at radius 2 is 1.73 bits per heavy atom. The minimum absolute atomic E-state index is 0.0185. The summed E-state index contributed by atoms with van der Waals surface area (Å²) in [7, 11) is -1.97. The van der Waals surface area contributed by atoms with E-state index in [0.29, 0.717) is 57.9 Å². The SMILES string of the molecule is COCCOCCOCCN(OCCC1CCCCC1)S(=O)(=O)CCCCCCN=C(NC#N)Nc1ccncc1. The summed E-state index contributed by atoms with van der Waals surface area (Å²) >= 11 is 0. The molecule has 1 saturated carbocycles. The molecule has 0 atom stereocenters. The highest BCUT2D eigenvalue weighted by Crippen LogP contribution is 2.26. The van der Waals surface area contributed by atoms with Crippen LogP contribution in [0.5, 0.6) is 0 Å². The number of hydrogen-bond acceptors (Lipinski definition) is 9. The minimum atomic E-state index is -3.58. The smallest absolute Gasteiger partial charge is 0.236 e. The largest absolute Gasteiger partial charge is 0.382 e. The van der Waals surface area contributed by atoms with Gasteiger partial charge in [0.2, 0.25) is 16.0 Å². The van der Waals surface area contributed by atoms with E-state index in [4.69, 9.17) is 24.3 Å². The van der Waals surface area contributed by atoms with Crippen LogP contribution in [0, 0.1) is 17.4 Å². The average Bonchev–Trinajstić information content (AvgIpc) is 2.98. The first-order valence-electron chi connectivity index (χ1n) is 14.7. The molecule has 2 N–H and O–H groups in total. The zero-order valence-electron chi connectivity index (χ0n) is 24.5. The highest BCUT2D eigenvalue weighted by Gasteiger charge is 2.23. The number of sulfonamides is 1. The molecule has 1 aliphatic rings. The molecule has 0 aromatic carbocycles. The summed E-state index contributed by atoms with van der Waals surface area (Å²) in [5, 5.41) is 14.6. The van der Waals surface area contributed by atoms with Gasteiger partial charge in [-0.2, -0.15) is 5.26 Å². The summed E-state index contributed by atoms with van der Waals surface area (Å²) in [4.78, 5) is 14.2. The number of aliphatic imine (C=N–C) groups is 1. The van der Waals surface area contributed by atoms with Gasteiger partial charge in [0, 0.05) is 31.7 Å². The first kappa shape index (κ1) is 34.9. The quantitative estimate of drug-likeness (QED) is 0.0507. The number of nitrogens with zero attached hydrogens (tertiary/aromatic N) is 4. The molecule has 1 aromatic heterocycles. The van der Waals surface area contributed by atoms with Crippen LogP contribution in [-0.4, -0.2) is 89.4 Å². The summed E-state index contributed by atoms with van der Waals surface area (Å²) in [5.41, 5.74) is 0.776. The molecule has 1 aliphatic carbocycles. The Bertz CT molecular complexity index is 970. The van der Waals surface area contributed by atoms with Crippen molar-refractivity contribution in [1.82, 2.24) is 14.8 Å². The molecule has 0 radical (unpaired) electrons. The number of methoxy groups -OCH3 is 1. The van der Waals surface area contributed by atoms with Gasteiger partial charge < -0.3 is 19.5 Å². The number of nitriles is 1. The number of pyridine rings is 1. The maximum atomic E-state index is 13.1. The molecule has 0 spiro atoms. The van der Waals surface area contributed by atoms with Crippen molar-refractivity contribution in [2.45, 2.75) is 64.2 Å². The van der Waals surface area contributed by atoms with E-state index in [1.54, 1.807) is 31.6 Å². The summed E-state index contributed by atoms with van der Waals surface area (Å²) in [6.45, 7) is 3.13. The Hall–Kier alpha value is -2.34. The van der Waals surface area contributed by atoms with Crippen LogP contribution in [0.4, 0.5) is 5.69 Å². The van der Waals surface area contributed by atoms with E-state index < -0.39 is 10.0 Å². The number of anilines is 1. The zero-order chi connectivity index (χ0) is 29.4. The van der Waals surface area contributed by atoms with Crippen molar-refractivity contribution < 1.29 is 27.5 Å². The van der Waals surface area contributed by atoms with Gasteiger partial charge in [-0.15, -0.1) is 0 Å². The standard InChI is InChI=1S/C28H48N6O6S/c1-37-20-21-39-23-22-38-19-17-34(40-18-13-26-9-5-4-6-10-26)41(35,36)24-8-3-2-7-14-31-28(32-25-29)33-27-11-15-30-16-12-27/h11-12,15-16,26H,2-10,13-14,17-24H2,1H3,(H2,30,31,32,33). The second-order valence-electron chi connectivity index (χ2n) is 9.93. The monoisotopic (exact) mass is 596 g/mol. The van der Waals surface area contributed by atoms with Crippen molar-refractivity contribution in [3.8, 4) is 6.19 Å². The Balaban J connectivity index is 1.72. The molecule has 0 saturated heterocycles. The fraction of sp³-hybridized carbons (Fsp3) is 0.750. The van der Waals surface area contributed by atoms with E-state index in [0.717, 1.165) is 35.8 Å². The Kier molecular flexibility index (Phi) is 18.9. The average molecular weight is 597 g/mol.